The van der Waals surface area contributed by atoms with Crippen molar-refractivity contribution in [3.05, 3.63) is 64.7 Å². The van der Waals surface area contributed by atoms with Crippen molar-refractivity contribution in [2.75, 3.05) is 0 Å². The van der Waals surface area contributed by atoms with Crippen LogP contribution in [-0.2, 0) is 6.42 Å². The molecule has 0 spiro atoms. The van der Waals surface area contributed by atoms with Crippen LogP contribution in [0.15, 0.2) is 48.5 Å². The van der Waals surface area contributed by atoms with Crippen molar-refractivity contribution in [2.24, 2.45) is 0 Å². The van der Waals surface area contributed by atoms with Crippen LogP contribution in [0.3, 0.4) is 0 Å². The van der Waals surface area contributed by atoms with Gasteiger partial charge < -0.3 is 11.0 Å². The van der Waals surface area contributed by atoms with E-state index in [2.05, 4.69) is 0 Å². The summed E-state index contributed by atoms with van der Waals surface area (Å²) in [5.41, 5.74) is 3.31. The quantitative estimate of drug-likeness (QED) is 0.764. The van der Waals surface area contributed by atoms with Crippen LogP contribution < -0.4 is 5.46 Å². The van der Waals surface area contributed by atoms with E-state index in [0.29, 0.717) is 0 Å². The monoisotopic (exact) mass is 246 g/mol. The smallest absolute Gasteiger partial charge is 0.870 e. The van der Waals surface area contributed by atoms with Crippen molar-refractivity contribution in [3.63, 3.8) is 0 Å². The van der Waals surface area contributed by atoms with Crippen LogP contribution in [0.25, 0.3) is 0 Å². The maximum atomic E-state index is 5.82. The number of rotatable bonds is 2. The third-order valence-electron chi connectivity index (χ3n) is 2.30. The molecule has 0 bridgehead atoms. The normalized spacial score (nSPS) is 9.12. The molecule has 0 saturated heterocycles. The van der Waals surface area contributed by atoms with Gasteiger partial charge in [0.2, 0.25) is 0 Å². The zero-order valence-corrected chi connectivity index (χ0v) is 9.93. The largest absolute Gasteiger partial charge is 0.870 e. The van der Waals surface area contributed by atoms with E-state index < -0.39 is 0 Å². The second kappa shape index (κ2) is 7.12. The van der Waals surface area contributed by atoms with E-state index in [-0.39, 0.29) is 11.0 Å². The van der Waals surface area contributed by atoms with Gasteiger partial charge in [-0.1, -0.05) is 0 Å². The fourth-order valence-electron chi connectivity index (χ4n) is 1.47. The average molecular weight is 247 g/mol. The van der Waals surface area contributed by atoms with Crippen LogP contribution in [0.4, 0.5) is 0 Å². The van der Waals surface area contributed by atoms with Gasteiger partial charge in [0.05, 0.1) is 0 Å². The van der Waals surface area contributed by atoms with E-state index in [0.717, 1.165) is 16.9 Å². The summed E-state index contributed by atoms with van der Waals surface area (Å²) in [6.07, 6.45) is 0.914. The van der Waals surface area contributed by atoms with Gasteiger partial charge in [-0.15, -0.1) is 0 Å². The van der Waals surface area contributed by atoms with E-state index in [1.54, 1.807) is 0 Å². The summed E-state index contributed by atoms with van der Waals surface area (Å²) in [5, 5.41) is 0.774. The van der Waals surface area contributed by atoms with Gasteiger partial charge in [-0.05, 0) is 0 Å². The number of halogens is 1. The van der Waals surface area contributed by atoms with Crippen molar-refractivity contribution < 1.29 is 11.0 Å². The Bertz CT molecular complexity index is 396. The summed E-state index contributed by atoms with van der Waals surface area (Å²) in [6, 6.07) is 15.8. The molecule has 0 saturated carbocycles. The summed E-state index contributed by atoms with van der Waals surface area (Å²) >= 11 is 5.82. The minimum absolute atomic E-state index is 0. The van der Waals surface area contributed by atoms with Crippen LogP contribution in [0.5, 0.6) is 0 Å². The Hall–Kier alpha value is -1.29. The molecule has 0 fully saturated rings. The van der Waals surface area contributed by atoms with Crippen LogP contribution in [0.1, 0.15) is 11.1 Å². The van der Waals surface area contributed by atoms with Crippen molar-refractivity contribution >= 4 is 24.9 Å². The maximum absolute atomic E-state index is 5.82. The third kappa shape index (κ3) is 4.61. The fourth-order valence-corrected chi connectivity index (χ4v) is 1.60. The summed E-state index contributed by atoms with van der Waals surface area (Å²) in [4.78, 5) is 0. The second-order valence-corrected chi connectivity index (χ2v) is 3.98. The minimum atomic E-state index is 0. The maximum Gasteiger partial charge on any atom is -0.870 e. The van der Waals surface area contributed by atoms with E-state index in [1.807, 2.05) is 48.5 Å². The molecule has 2 aromatic carbocycles. The first-order valence-corrected chi connectivity index (χ1v) is 5.21. The fraction of sp³-hybridized carbons (Fsp3) is 0.0769. The Labute approximate surface area is 107 Å². The molecule has 0 atom stereocenters. The molecule has 0 aromatic heterocycles. The first-order chi connectivity index (χ1) is 7.24. The molecule has 0 aliphatic carbocycles. The molecule has 0 aliphatic rings. The zero-order valence-electron chi connectivity index (χ0n) is 9.18. The van der Waals surface area contributed by atoms with Gasteiger partial charge in [-0.25, -0.2) is 0 Å². The molecule has 0 unspecified atom stereocenters. The van der Waals surface area contributed by atoms with E-state index in [4.69, 9.17) is 19.4 Å². The van der Waals surface area contributed by atoms with Crippen molar-refractivity contribution in [2.45, 2.75) is 6.42 Å². The molecule has 86 valence electrons. The average Bonchev–Trinajstić information content (AvgIpc) is 2.25. The molecule has 2 nitrogen and oxygen atoms in total. The van der Waals surface area contributed by atoms with Crippen molar-refractivity contribution in [3.8, 4) is 0 Å². The molecule has 0 radical (unpaired) electrons. The zero-order chi connectivity index (χ0) is 10.7. The van der Waals surface area contributed by atoms with Gasteiger partial charge in [0.25, 0.3) is 0 Å². The molecule has 17 heavy (non-hydrogen) atoms. The number of benzene rings is 2. The Kier molecular flexibility index (Phi) is 6.58. The Morgan fingerprint density at radius 2 is 1.18 bits per heavy atom. The van der Waals surface area contributed by atoms with Crippen LogP contribution in [-0.4, -0.2) is 18.8 Å². The molecule has 4 heteroatoms. The van der Waals surface area contributed by atoms with E-state index >= 15 is 0 Å². The SMILES string of the molecule is [B+2]c1ccc(Cc2ccc(Cl)cc2)cc1.[OH-].[OH-]. The van der Waals surface area contributed by atoms with Crippen molar-refractivity contribution in [1.82, 2.24) is 0 Å². The van der Waals surface area contributed by atoms with Gasteiger partial charge in [0.15, 0.2) is 0 Å². The third-order valence-corrected chi connectivity index (χ3v) is 2.55. The van der Waals surface area contributed by atoms with Gasteiger partial charge in [0.1, 0.15) is 0 Å². The summed E-state index contributed by atoms with van der Waals surface area (Å²) in [7, 11) is 5.62. The number of hydrogen-bond donors (Lipinski definition) is 0. The number of hydrogen-bond acceptors (Lipinski definition) is 2. The molecular weight excluding hydrogens is 234 g/mol. The molecule has 0 amide bonds. The van der Waals surface area contributed by atoms with Crippen LogP contribution >= 0.6 is 11.6 Å². The van der Waals surface area contributed by atoms with Crippen LogP contribution in [0.2, 0.25) is 5.02 Å². The molecule has 2 aromatic rings. The Morgan fingerprint density at radius 3 is 1.65 bits per heavy atom. The first kappa shape index (κ1) is 15.7. The Morgan fingerprint density at radius 1 is 0.765 bits per heavy atom. The van der Waals surface area contributed by atoms with Gasteiger partial charge in [-0.3, -0.25) is 0 Å². The van der Waals surface area contributed by atoms with Gasteiger partial charge >= 0.3 is 96.0 Å². The molecule has 2 rings (SSSR count). The minimum Gasteiger partial charge on any atom is -0.870 e. The van der Waals surface area contributed by atoms with E-state index in [9.17, 15) is 0 Å². The Balaban J connectivity index is 0.00000128. The molecule has 0 aliphatic heterocycles. The summed E-state index contributed by atoms with van der Waals surface area (Å²) < 4.78 is 0. The van der Waals surface area contributed by atoms with E-state index in [1.165, 1.54) is 11.1 Å². The topological polar surface area (TPSA) is 60.0 Å². The molecule has 0 heterocycles. The second-order valence-electron chi connectivity index (χ2n) is 3.54. The van der Waals surface area contributed by atoms with Crippen LogP contribution in [0, 0.1) is 0 Å². The summed E-state index contributed by atoms with van der Waals surface area (Å²) in [5.74, 6) is 0. The predicted octanol–water partition coefficient (Wildman–Crippen LogP) is 2.37. The predicted molar refractivity (Wildman–Crippen MR) is 70.0 cm³/mol. The molecule has 2 N–H and O–H groups in total. The van der Waals surface area contributed by atoms with Crippen molar-refractivity contribution in [1.29, 1.82) is 0 Å². The molecular formula is C13H12BClO2. The van der Waals surface area contributed by atoms with Gasteiger partial charge in [0, 0.05) is 0 Å². The first-order valence-electron chi connectivity index (χ1n) is 4.83. The standard InChI is InChI=1S/C13H10BCl.2H2O/c14-12-5-1-10(2-6-12)9-11-3-7-13(15)8-4-11;;/h1-8H,9H2;2*1H2/q+2;;/p-2. The van der Waals surface area contributed by atoms with Gasteiger partial charge in [-0.2, -0.15) is 0 Å². The summed E-state index contributed by atoms with van der Waals surface area (Å²) in [6.45, 7) is 0.